The minimum atomic E-state index is 0.827. The zero-order valence-corrected chi connectivity index (χ0v) is 7.20. The van der Waals surface area contributed by atoms with Crippen molar-refractivity contribution < 1.29 is 0 Å². The Kier molecular flexibility index (Phi) is 1.54. The van der Waals surface area contributed by atoms with Gasteiger partial charge in [-0.25, -0.2) is 9.97 Å². The summed E-state index contributed by atoms with van der Waals surface area (Å²) in [7, 11) is 0. The van der Waals surface area contributed by atoms with Crippen LogP contribution in [0.4, 0.5) is 0 Å². The molecule has 2 aromatic rings. The van der Waals surface area contributed by atoms with Crippen molar-refractivity contribution in [1.29, 1.82) is 0 Å². The lowest BCUT2D eigenvalue weighted by Gasteiger charge is -1.98. The molecule has 2 heteroatoms. The van der Waals surface area contributed by atoms with E-state index in [1.807, 2.05) is 19.2 Å². The Bertz CT molecular complexity index is 384. The first kappa shape index (κ1) is 7.22. The molecular weight excluding hydrogens is 148 g/mol. The van der Waals surface area contributed by atoms with Crippen molar-refractivity contribution in [3.05, 3.63) is 35.8 Å². The fraction of sp³-hybridized carbons (Fsp3) is 0.200. The maximum absolute atomic E-state index is 4.33. The van der Waals surface area contributed by atoms with Gasteiger partial charge >= 0.3 is 0 Å². The monoisotopic (exact) mass is 158 g/mol. The van der Waals surface area contributed by atoms with E-state index in [-0.39, 0.29) is 0 Å². The Labute approximate surface area is 71.3 Å². The summed E-state index contributed by atoms with van der Waals surface area (Å²) in [5.74, 6) is 0.827. The lowest BCUT2D eigenvalue weighted by atomic mass is 10.2. The number of hydrogen-bond donors (Lipinski definition) is 0. The molecule has 60 valence electrons. The van der Waals surface area contributed by atoms with E-state index < -0.39 is 0 Å². The summed E-state index contributed by atoms with van der Waals surface area (Å²) in [5.41, 5.74) is 2.27. The van der Waals surface area contributed by atoms with Crippen molar-refractivity contribution in [1.82, 2.24) is 9.97 Å². The number of fused-ring (bicyclic) bond motifs is 1. The molecule has 0 unspecified atom stereocenters. The smallest absolute Gasteiger partial charge is 0.125 e. The molecule has 0 N–H and O–H groups in total. The van der Waals surface area contributed by atoms with E-state index in [0.29, 0.717) is 0 Å². The molecule has 0 fully saturated rings. The Balaban J connectivity index is 2.80. The lowest BCUT2D eigenvalue weighted by molar-refractivity contribution is 1.09. The largest absolute Gasteiger partial charge is 0.241 e. The highest BCUT2D eigenvalue weighted by Gasteiger charge is 1.95. The first-order chi connectivity index (χ1) is 5.75. The molecule has 0 saturated heterocycles. The Morgan fingerprint density at radius 3 is 2.83 bits per heavy atom. The van der Waals surface area contributed by atoms with Gasteiger partial charge in [-0.15, -0.1) is 0 Å². The molecule has 0 spiro atoms. The maximum atomic E-state index is 4.33. The van der Waals surface area contributed by atoms with Crippen LogP contribution in [0.1, 0.15) is 11.4 Å². The van der Waals surface area contributed by atoms with Crippen LogP contribution in [0.2, 0.25) is 0 Å². The van der Waals surface area contributed by atoms with Crippen LogP contribution in [0.3, 0.4) is 0 Å². The Hall–Kier alpha value is -1.44. The van der Waals surface area contributed by atoms with Gasteiger partial charge in [0.25, 0.3) is 0 Å². The summed E-state index contributed by atoms with van der Waals surface area (Å²) < 4.78 is 0. The van der Waals surface area contributed by atoms with E-state index in [2.05, 4.69) is 29.0 Å². The average molecular weight is 158 g/mol. The zero-order valence-electron chi connectivity index (χ0n) is 7.20. The summed E-state index contributed by atoms with van der Waals surface area (Å²) in [6, 6.07) is 6.19. The van der Waals surface area contributed by atoms with Crippen LogP contribution in [0.5, 0.6) is 0 Å². The molecule has 1 aromatic heterocycles. The first-order valence-corrected chi connectivity index (χ1v) is 3.96. The second-order valence-corrected chi connectivity index (χ2v) is 2.98. The molecule has 12 heavy (non-hydrogen) atoms. The minimum absolute atomic E-state index is 0.827. The van der Waals surface area contributed by atoms with E-state index in [0.717, 1.165) is 16.7 Å². The van der Waals surface area contributed by atoms with E-state index in [1.54, 1.807) is 0 Å². The Morgan fingerprint density at radius 1 is 1.17 bits per heavy atom. The number of aromatic nitrogens is 2. The van der Waals surface area contributed by atoms with Crippen LogP contribution < -0.4 is 0 Å². The molecule has 0 aliphatic carbocycles. The molecule has 0 aliphatic rings. The van der Waals surface area contributed by atoms with Gasteiger partial charge in [-0.1, -0.05) is 12.1 Å². The van der Waals surface area contributed by atoms with Crippen LogP contribution in [0.25, 0.3) is 10.9 Å². The summed E-state index contributed by atoms with van der Waals surface area (Å²) in [5, 5.41) is 1.10. The van der Waals surface area contributed by atoms with E-state index >= 15 is 0 Å². The van der Waals surface area contributed by atoms with E-state index in [9.17, 15) is 0 Å². The van der Waals surface area contributed by atoms with Gasteiger partial charge in [-0.05, 0) is 25.5 Å². The zero-order chi connectivity index (χ0) is 8.55. The number of aryl methyl sites for hydroxylation is 2. The van der Waals surface area contributed by atoms with Crippen LogP contribution in [0, 0.1) is 13.8 Å². The SMILES string of the molecule is Cc1ccc2cnc(C)nc2c1. The molecule has 0 amide bonds. The van der Waals surface area contributed by atoms with Crippen LogP contribution in [-0.4, -0.2) is 9.97 Å². The van der Waals surface area contributed by atoms with Crippen LogP contribution in [-0.2, 0) is 0 Å². The third-order valence-corrected chi connectivity index (χ3v) is 1.86. The summed E-state index contributed by atoms with van der Waals surface area (Å²) in [6.07, 6.45) is 1.86. The van der Waals surface area contributed by atoms with Gasteiger partial charge in [0.1, 0.15) is 5.82 Å². The fourth-order valence-electron chi connectivity index (χ4n) is 1.23. The average Bonchev–Trinajstić information content (AvgIpc) is 2.03. The molecule has 0 radical (unpaired) electrons. The second kappa shape index (κ2) is 2.55. The quantitative estimate of drug-likeness (QED) is 0.587. The normalized spacial score (nSPS) is 10.5. The molecule has 2 nitrogen and oxygen atoms in total. The number of nitrogens with zero attached hydrogens (tertiary/aromatic N) is 2. The van der Waals surface area contributed by atoms with E-state index in [4.69, 9.17) is 0 Å². The molecule has 1 heterocycles. The highest BCUT2D eigenvalue weighted by molar-refractivity contribution is 5.78. The number of hydrogen-bond acceptors (Lipinski definition) is 2. The van der Waals surface area contributed by atoms with Gasteiger partial charge in [0.2, 0.25) is 0 Å². The topological polar surface area (TPSA) is 25.8 Å². The van der Waals surface area contributed by atoms with Crippen molar-refractivity contribution in [2.45, 2.75) is 13.8 Å². The third-order valence-electron chi connectivity index (χ3n) is 1.86. The lowest BCUT2D eigenvalue weighted by Crippen LogP contribution is -1.87. The third kappa shape index (κ3) is 1.16. The van der Waals surface area contributed by atoms with Gasteiger partial charge in [0.15, 0.2) is 0 Å². The minimum Gasteiger partial charge on any atom is -0.241 e. The highest BCUT2D eigenvalue weighted by Crippen LogP contribution is 2.11. The standard InChI is InChI=1S/C10H10N2/c1-7-3-4-9-6-11-8(2)12-10(9)5-7/h3-6H,1-2H3. The molecule has 2 rings (SSSR count). The number of benzene rings is 1. The summed E-state index contributed by atoms with van der Waals surface area (Å²) in [6.45, 7) is 3.97. The molecule has 0 aliphatic heterocycles. The van der Waals surface area contributed by atoms with Crippen molar-refractivity contribution in [3.63, 3.8) is 0 Å². The van der Waals surface area contributed by atoms with Crippen LogP contribution >= 0.6 is 0 Å². The van der Waals surface area contributed by atoms with Gasteiger partial charge in [0.05, 0.1) is 5.52 Å². The predicted octanol–water partition coefficient (Wildman–Crippen LogP) is 2.25. The van der Waals surface area contributed by atoms with Gasteiger partial charge in [-0.3, -0.25) is 0 Å². The molecule has 0 bridgehead atoms. The highest BCUT2D eigenvalue weighted by atomic mass is 14.9. The molecule has 1 aromatic carbocycles. The van der Waals surface area contributed by atoms with Crippen molar-refractivity contribution >= 4 is 10.9 Å². The van der Waals surface area contributed by atoms with Gasteiger partial charge in [0, 0.05) is 11.6 Å². The summed E-state index contributed by atoms with van der Waals surface area (Å²) >= 11 is 0. The first-order valence-electron chi connectivity index (χ1n) is 3.96. The van der Waals surface area contributed by atoms with Crippen molar-refractivity contribution in [3.8, 4) is 0 Å². The fourth-order valence-corrected chi connectivity index (χ4v) is 1.23. The van der Waals surface area contributed by atoms with Crippen LogP contribution in [0.15, 0.2) is 24.4 Å². The molecule has 0 atom stereocenters. The molecule has 0 saturated carbocycles. The maximum Gasteiger partial charge on any atom is 0.125 e. The van der Waals surface area contributed by atoms with Gasteiger partial charge < -0.3 is 0 Å². The van der Waals surface area contributed by atoms with E-state index in [1.165, 1.54) is 5.56 Å². The Morgan fingerprint density at radius 2 is 2.00 bits per heavy atom. The molecular formula is C10H10N2. The second-order valence-electron chi connectivity index (χ2n) is 2.98. The van der Waals surface area contributed by atoms with Crippen molar-refractivity contribution in [2.24, 2.45) is 0 Å². The van der Waals surface area contributed by atoms with Gasteiger partial charge in [-0.2, -0.15) is 0 Å². The van der Waals surface area contributed by atoms with Crippen molar-refractivity contribution in [2.75, 3.05) is 0 Å². The number of rotatable bonds is 0. The summed E-state index contributed by atoms with van der Waals surface area (Å²) in [4.78, 5) is 8.45. The predicted molar refractivity (Wildman–Crippen MR) is 49.0 cm³/mol.